The number of rotatable bonds is 6. The van der Waals surface area contributed by atoms with Gasteiger partial charge in [-0.25, -0.2) is 9.18 Å². The second-order valence-corrected chi connectivity index (χ2v) is 5.31. The summed E-state index contributed by atoms with van der Waals surface area (Å²) in [5.41, 5.74) is -3.28. The fourth-order valence-electron chi connectivity index (χ4n) is 2.31. The normalized spacial score (nSPS) is 13.3. The fourth-order valence-corrected chi connectivity index (χ4v) is 2.31. The third kappa shape index (κ3) is 4.29. The first-order valence-electron chi connectivity index (χ1n) is 7.36. The van der Waals surface area contributed by atoms with E-state index < -0.39 is 42.3 Å². The monoisotopic (exact) mass is 371 g/mol. The number of ketones is 1. The molecular formula is C18H17F4NO3. The second kappa shape index (κ2) is 8.63. The SMILES string of the molecule is C=CCC(C(=O)OC)(N(C)CC#CC(=O)c1ccccc1F)C(F)(F)F. The molecule has 0 heterocycles. The summed E-state index contributed by atoms with van der Waals surface area (Å²) in [4.78, 5) is 24.4. The Bertz CT molecular complexity index is 749. The molecule has 1 aromatic carbocycles. The highest BCUT2D eigenvalue weighted by molar-refractivity contribution is 6.09. The minimum Gasteiger partial charge on any atom is -0.467 e. The summed E-state index contributed by atoms with van der Waals surface area (Å²) in [5.74, 6) is 1.14. The molecular weight excluding hydrogens is 354 g/mol. The van der Waals surface area contributed by atoms with Gasteiger partial charge in [0.2, 0.25) is 11.3 Å². The number of likely N-dealkylation sites (N-methyl/N-ethyl adjacent to an activating group) is 1. The fraction of sp³-hybridized carbons (Fsp3) is 0.333. The number of hydrogen-bond donors (Lipinski definition) is 0. The summed E-state index contributed by atoms with van der Waals surface area (Å²) in [6.07, 6.45) is -4.79. The number of Topliss-reactive ketones (excluding diaryl/α,β-unsaturated/α-hetero) is 1. The van der Waals surface area contributed by atoms with Crippen molar-refractivity contribution in [3.63, 3.8) is 0 Å². The van der Waals surface area contributed by atoms with Crippen molar-refractivity contribution in [2.45, 2.75) is 18.1 Å². The number of methoxy groups -OCH3 is 1. The lowest BCUT2D eigenvalue weighted by molar-refractivity contribution is -0.234. The first-order chi connectivity index (χ1) is 12.1. The molecule has 1 aromatic rings. The highest BCUT2D eigenvalue weighted by Crippen LogP contribution is 2.39. The lowest BCUT2D eigenvalue weighted by atomic mass is 9.92. The van der Waals surface area contributed by atoms with Crippen LogP contribution in [-0.4, -0.2) is 49.1 Å². The van der Waals surface area contributed by atoms with E-state index in [-0.39, 0.29) is 5.56 Å². The van der Waals surface area contributed by atoms with Gasteiger partial charge >= 0.3 is 12.1 Å². The molecule has 1 atom stereocenters. The molecule has 0 aliphatic heterocycles. The molecule has 140 valence electrons. The minimum atomic E-state index is -4.97. The van der Waals surface area contributed by atoms with Gasteiger partial charge in [0, 0.05) is 6.42 Å². The number of carbonyl (C=O) groups excluding carboxylic acids is 2. The lowest BCUT2D eigenvalue weighted by Gasteiger charge is -2.38. The molecule has 0 saturated heterocycles. The summed E-state index contributed by atoms with van der Waals surface area (Å²) in [6, 6.07) is 5.09. The molecule has 0 aliphatic carbocycles. The van der Waals surface area contributed by atoms with Gasteiger partial charge in [-0.2, -0.15) is 13.2 Å². The topological polar surface area (TPSA) is 46.6 Å². The molecule has 0 bridgehead atoms. The van der Waals surface area contributed by atoms with Crippen molar-refractivity contribution in [1.29, 1.82) is 0 Å². The molecule has 0 spiro atoms. The van der Waals surface area contributed by atoms with E-state index in [2.05, 4.69) is 23.2 Å². The van der Waals surface area contributed by atoms with Gasteiger partial charge < -0.3 is 4.74 Å². The zero-order valence-electron chi connectivity index (χ0n) is 14.2. The van der Waals surface area contributed by atoms with Crippen LogP contribution in [0, 0.1) is 17.7 Å². The summed E-state index contributed by atoms with van der Waals surface area (Å²) in [5, 5.41) is 0. The zero-order chi connectivity index (χ0) is 20.0. The van der Waals surface area contributed by atoms with E-state index in [1.165, 1.54) is 18.2 Å². The van der Waals surface area contributed by atoms with Crippen LogP contribution in [0.15, 0.2) is 36.9 Å². The van der Waals surface area contributed by atoms with Gasteiger partial charge in [0.1, 0.15) is 5.82 Å². The Morgan fingerprint density at radius 1 is 1.31 bits per heavy atom. The van der Waals surface area contributed by atoms with Gasteiger partial charge in [0.15, 0.2) is 0 Å². The Hall–Kier alpha value is -2.66. The van der Waals surface area contributed by atoms with E-state index in [9.17, 15) is 27.2 Å². The van der Waals surface area contributed by atoms with Crippen LogP contribution in [0.5, 0.6) is 0 Å². The number of alkyl halides is 3. The van der Waals surface area contributed by atoms with Gasteiger partial charge in [0.25, 0.3) is 0 Å². The third-order valence-electron chi connectivity index (χ3n) is 3.72. The molecule has 26 heavy (non-hydrogen) atoms. The number of halogens is 4. The van der Waals surface area contributed by atoms with E-state index in [4.69, 9.17) is 0 Å². The lowest BCUT2D eigenvalue weighted by Crippen LogP contribution is -2.63. The molecule has 1 unspecified atom stereocenters. The maximum atomic E-state index is 13.6. The molecule has 1 rings (SSSR count). The number of carbonyl (C=O) groups is 2. The number of esters is 1. The van der Waals surface area contributed by atoms with Gasteiger partial charge in [-0.15, -0.1) is 6.58 Å². The summed E-state index contributed by atoms with van der Waals surface area (Å²) < 4.78 is 58.6. The molecule has 0 radical (unpaired) electrons. The highest BCUT2D eigenvalue weighted by atomic mass is 19.4. The summed E-state index contributed by atoms with van der Waals surface area (Å²) in [6.45, 7) is 2.67. The largest absolute Gasteiger partial charge is 0.467 e. The van der Waals surface area contributed by atoms with Crippen LogP contribution in [0.25, 0.3) is 0 Å². The van der Waals surface area contributed by atoms with Crippen molar-refractivity contribution in [3.05, 3.63) is 48.3 Å². The zero-order valence-corrected chi connectivity index (χ0v) is 14.2. The maximum absolute atomic E-state index is 13.6. The predicted octanol–water partition coefficient (Wildman–Crippen LogP) is 2.99. The van der Waals surface area contributed by atoms with Crippen LogP contribution in [0.2, 0.25) is 0 Å². The van der Waals surface area contributed by atoms with Gasteiger partial charge in [-0.05, 0) is 25.1 Å². The van der Waals surface area contributed by atoms with Gasteiger partial charge in [0.05, 0.1) is 19.2 Å². The second-order valence-electron chi connectivity index (χ2n) is 5.31. The van der Waals surface area contributed by atoms with Crippen molar-refractivity contribution in [2.75, 3.05) is 20.7 Å². The van der Waals surface area contributed by atoms with Crippen molar-refractivity contribution in [3.8, 4) is 11.8 Å². The number of benzene rings is 1. The van der Waals surface area contributed by atoms with Crippen molar-refractivity contribution >= 4 is 11.8 Å². The minimum absolute atomic E-state index is 0.288. The van der Waals surface area contributed by atoms with E-state index in [0.29, 0.717) is 4.90 Å². The molecule has 0 aliphatic rings. The maximum Gasteiger partial charge on any atom is 0.417 e. The summed E-state index contributed by atoms with van der Waals surface area (Å²) >= 11 is 0. The molecule has 8 heteroatoms. The predicted molar refractivity (Wildman–Crippen MR) is 86.8 cm³/mol. The highest BCUT2D eigenvalue weighted by Gasteiger charge is 2.63. The Morgan fingerprint density at radius 3 is 2.42 bits per heavy atom. The average molecular weight is 371 g/mol. The average Bonchev–Trinajstić information content (AvgIpc) is 2.57. The molecule has 0 N–H and O–H groups in total. The molecule has 0 amide bonds. The van der Waals surface area contributed by atoms with Crippen LogP contribution < -0.4 is 0 Å². The molecule has 4 nitrogen and oxygen atoms in total. The number of hydrogen-bond acceptors (Lipinski definition) is 4. The number of nitrogens with zero attached hydrogens (tertiary/aromatic N) is 1. The van der Waals surface area contributed by atoms with Crippen LogP contribution >= 0.6 is 0 Å². The van der Waals surface area contributed by atoms with E-state index >= 15 is 0 Å². The Balaban J connectivity index is 3.11. The summed E-state index contributed by atoms with van der Waals surface area (Å²) in [7, 11) is 1.86. The van der Waals surface area contributed by atoms with Gasteiger partial charge in [-0.3, -0.25) is 9.69 Å². The van der Waals surface area contributed by atoms with Crippen LogP contribution in [-0.2, 0) is 9.53 Å². The first kappa shape index (κ1) is 21.4. The Labute approximate surface area is 148 Å². The Kier molecular flexibility index (Phi) is 7.10. The van der Waals surface area contributed by atoms with Crippen molar-refractivity contribution in [2.24, 2.45) is 0 Å². The van der Waals surface area contributed by atoms with Crippen molar-refractivity contribution in [1.82, 2.24) is 4.90 Å². The third-order valence-corrected chi connectivity index (χ3v) is 3.72. The molecule has 0 aromatic heterocycles. The van der Waals surface area contributed by atoms with Crippen molar-refractivity contribution < 1.29 is 31.9 Å². The Morgan fingerprint density at radius 2 is 1.92 bits per heavy atom. The first-order valence-corrected chi connectivity index (χ1v) is 7.36. The number of ether oxygens (including phenoxy) is 1. The van der Waals surface area contributed by atoms with E-state index in [1.54, 1.807) is 0 Å². The molecule has 0 saturated carbocycles. The smallest absolute Gasteiger partial charge is 0.417 e. The van der Waals surface area contributed by atoms with E-state index in [1.807, 2.05) is 0 Å². The van der Waals surface area contributed by atoms with Crippen LogP contribution in [0.1, 0.15) is 16.8 Å². The van der Waals surface area contributed by atoms with Crippen LogP contribution in [0.3, 0.4) is 0 Å². The van der Waals surface area contributed by atoms with Gasteiger partial charge in [-0.1, -0.05) is 24.1 Å². The van der Waals surface area contributed by atoms with Crippen LogP contribution in [0.4, 0.5) is 17.6 Å². The standard InChI is InChI=1S/C18H17F4NO3/c1-4-11-17(16(25)26-3,18(20,21)22)23(2)12-7-10-15(24)13-8-5-6-9-14(13)19/h4-6,8-9H,1,11-12H2,2-3H3. The quantitative estimate of drug-likeness (QED) is 0.193. The molecule has 0 fully saturated rings. The van der Waals surface area contributed by atoms with E-state index in [0.717, 1.165) is 26.3 Å².